The lowest BCUT2D eigenvalue weighted by Gasteiger charge is -2.36. The van der Waals surface area contributed by atoms with Crippen molar-refractivity contribution in [1.82, 2.24) is 15.5 Å². The van der Waals surface area contributed by atoms with Gasteiger partial charge < -0.3 is 20.4 Å². The third-order valence-electron chi connectivity index (χ3n) is 3.96. The molecule has 2 fully saturated rings. The summed E-state index contributed by atoms with van der Waals surface area (Å²) >= 11 is 1.78. The Morgan fingerprint density at radius 2 is 2.14 bits per heavy atom. The normalized spacial score (nSPS) is 19.2. The van der Waals surface area contributed by atoms with Crippen molar-refractivity contribution < 1.29 is 4.79 Å². The first-order valence-corrected chi connectivity index (χ1v) is 8.67. The fourth-order valence-electron chi connectivity index (χ4n) is 2.59. The zero-order valence-corrected chi connectivity index (χ0v) is 13.7. The number of anilines is 1. The number of amides is 1. The van der Waals surface area contributed by atoms with Gasteiger partial charge in [-0.2, -0.15) is 0 Å². The minimum atomic E-state index is 0.0564. The van der Waals surface area contributed by atoms with Crippen LogP contribution in [0.4, 0.5) is 5.00 Å². The smallest absolute Gasteiger partial charge is 0.239 e. The molecule has 0 aromatic carbocycles. The number of hydrogen-bond donors (Lipinski definition) is 2. The first-order chi connectivity index (χ1) is 10.8. The molecule has 0 atom stereocenters. The van der Waals surface area contributed by atoms with Gasteiger partial charge in [0.1, 0.15) is 0 Å². The van der Waals surface area contributed by atoms with Gasteiger partial charge in [-0.3, -0.25) is 9.79 Å². The van der Waals surface area contributed by atoms with Crippen LogP contribution in [0.1, 0.15) is 12.8 Å². The molecule has 7 heteroatoms. The molecule has 2 heterocycles. The topological polar surface area (TPSA) is 60.0 Å². The van der Waals surface area contributed by atoms with E-state index in [0.29, 0.717) is 12.6 Å². The van der Waals surface area contributed by atoms with Crippen LogP contribution < -0.4 is 15.5 Å². The van der Waals surface area contributed by atoms with Crippen LogP contribution in [0, 0.1) is 0 Å². The molecule has 1 saturated heterocycles. The van der Waals surface area contributed by atoms with E-state index in [0.717, 1.165) is 45.0 Å². The molecule has 1 aliphatic heterocycles. The summed E-state index contributed by atoms with van der Waals surface area (Å²) in [5, 5.41) is 9.59. The highest BCUT2D eigenvalue weighted by atomic mass is 32.1. The lowest BCUT2D eigenvalue weighted by molar-refractivity contribution is -0.120. The predicted octanol–water partition coefficient (Wildman–Crippen LogP) is 0.724. The standard InChI is InChI=1S/C15H23N5OS/c1-16-15(17-11-13(21)18-12-4-5-12)20-8-6-19(7-9-20)14-3-2-10-22-14/h2-3,10,12H,4-9,11H2,1H3,(H,16,17)(H,18,21). The molecule has 1 aliphatic carbocycles. The Bertz CT molecular complexity index is 518. The first kappa shape index (κ1) is 15.1. The van der Waals surface area contributed by atoms with Gasteiger partial charge in [0.25, 0.3) is 0 Å². The zero-order chi connectivity index (χ0) is 15.4. The summed E-state index contributed by atoms with van der Waals surface area (Å²) in [6.07, 6.45) is 2.23. The number of nitrogens with one attached hydrogen (secondary N) is 2. The summed E-state index contributed by atoms with van der Waals surface area (Å²) in [7, 11) is 1.77. The molecule has 2 N–H and O–H groups in total. The summed E-state index contributed by atoms with van der Waals surface area (Å²) in [5.41, 5.74) is 0. The molecular weight excluding hydrogens is 298 g/mol. The Morgan fingerprint density at radius 3 is 2.73 bits per heavy atom. The Kier molecular flexibility index (Phi) is 4.82. The molecule has 0 spiro atoms. The van der Waals surface area contributed by atoms with Crippen LogP contribution in [0.5, 0.6) is 0 Å². The van der Waals surface area contributed by atoms with E-state index in [1.54, 1.807) is 18.4 Å². The summed E-state index contributed by atoms with van der Waals surface area (Å²) < 4.78 is 0. The van der Waals surface area contributed by atoms with E-state index in [1.165, 1.54) is 5.00 Å². The molecule has 3 rings (SSSR count). The fraction of sp³-hybridized carbons (Fsp3) is 0.600. The molecule has 0 unspecified atom stereocenters. The van der Waals surface area contributed by atoms with Gasteiger partial charge in [0.15, 0.2) is 5.96 Å². The SMILES string of the molecule is CN=C(NCC(=O)NC1CC1)N1CCN(c2cccs2)CC1. The van der Waals surface area contributed by atoms with Crippen molar-refractivity contribution in [1.29, 1.82) is 0 Å². The second kappa shape index (κ2) is 7.00. The molecule has 1 amide bonds. The molecule has 1 saturated carbocycles. The van der Waals surface area contributed by atoms with Crippen molar-refractivity contribution in [3.8, 4) is 0 Å². The van der Waals surface area contributed by atoms with E-state index in [2.05, 4.69) is 42.9 Å². The minimum Gasteiger partial charge on any atom is -0.360 e. The second-order valence-corrected chi connectivity index (χ2v) is 6.59. The maximum atomic E-state index is 11.8. The number of aliphatic imine (C=N–C) groups is 1. The lowest BCUT2D eigenvalue weighted by Crippen LogP contribution is -2.53. The van der Waals surface area contributed by atoms with Crippen molar-refractivity contribution in [2.24, 2.45) is 4.99 Å². The van der Waals surface area contributed by atoms with Crippen molar-refractivity contribution >= 4 is 28.2 Å². The zero-order valence-electron chi connectivity index (χ0n) is 12.9. The number of guanidine groups is 1. The summed E-state index contributed by atoms with van der Waals surface area (Å²) in [6.45, 7) is 4.10. The summed E-state index contributed by atoms with van der Waals surface area (Å²) in [4.78, 5) is 20.7. The second-order valence-electron chi connectivity index (χ2n) is 5.67. The number of piperazine rings is 1. The van der Waals surface area contributed by atoms with Gasteiger partial charge in [-0.05, 0) is 30.4 Å². The molecule has 0 bridgehead atoms. The quantitative estimate of drug-likeness (QED) is 0.634. The molecular formula is C15H23N5OS. The average Bonchev–Trinajstić information content (AvgIpc) is 3.17. The summed E-state index contributed by atoms with van der Waals surface area (Å²) in [6, 6.07) is 4.66. The van der Waals surface area contributed by atoms with Crippen molar-refractivity contribution in [3.63, 3.8) is 0 Å². The summed E-state index contributed by atoms with van der Waals surface area (Å²) in [5.74, 6) is 0.873. The van der Waals surface area contributed by atoms with Crippen LogP contribution >= 0.6 is 11.3 Å². The van der Waals surface area contributed by atoms with Gasteiger partial charge in [-0.25, -0.2) is 0 Å². The molecule has 2 aliphatic rings. The van der Waals surface area contributed by atoms with Crippen LogP contribution in [-0.4, -0.2) is 62.6 Å². The molecule has 120 valence electrons. The highest BCUT2D eigenvalue weighted by Crippen LogP contribution is 2.22. The van der Waals surface area contributed by atoms with E-state index >= 15 is 0 Å². The monoisotopic (exact) mass is 321 g/mol. The largest absolute Gasteiger partial charge is 0.360 e. The average molecular weight is 321 g/mol. The number of carbonyl (C=O) groups excluding carboxylic acids is 1. The third-order valence-corrected chi connectivity index (χ3v) is 4.89. The maximum Gasteiger partial charge on any atom is 0.239 e. The maximum absolute atomic E-state index is 11.8. The Morgan fingerprint density at radius 1 is 1.36 bits per heavy atom. The Balaban J connectivity index is 1.45. The number of carbonyl (C=O) groups is 1. The van der Waals surface area contributed by atoms with Gasteiger partial charge in [-0.1, -0.05) is 0 Å². The van der Waals surface area contributed by atoms with E-state index in [1.807, 2.05) is 0 Å². The molecule has 1 aromatic rings. The van der Waals surface area contributed by atoms with Crippen LogP contribution in [0.25, 0.3) is 0 Å². The van der Waals surface area contributed by atoms with Gasteiger partial charge in [-0.15, -0.1) is 11.3 Å². The molecule has 6 nitrogen and oxygen atoms in total. The van der Waals surface area contributed by atoms with Gasteiger partial charge in [0.05, 0.1) is 11.5 Å². The molecule has 1 aromatic heterocycles. The number of rotatable bonds is 4. The van der Waals surface area contributed by atoms with Gasteiger partial charge in [0.2, 0.25) is 5.91 Å². The van der Waals surface area contributed by atoms with Crippen LogP contribution in [-0.2, 0) is 4.79 Å². The Labute approximate surface area is 135 Å². The number of hydrogen-bond acceptors (Lipinski definition) is 4. The molecule has 22 heavy (non-hydrogen) atoms. The van der Waals surface area contributed by atoms with Crippen molar-refractivity contribution in [2.45, 2.75) is 18.9 Å². The highest BCUT2D eigenvalue weighted by molar-refractivity contribution is 7.14. The van der Waals surface area contributed by atoms with Crippen molar-refractivity contribution in [3.05, 3.63) is 17.5 Å². The van der Waals surface area contributed by atoms with Crippen LogP contribution in [0.3, 0.4) is 0 Å². The fourth-order valence-corrected chi connectivity index (χ4v) is 3.37. The van der Waals surface area contributed by atoms with Gasteiger partial charge in [0, 0.05) is 39.3 Å². The van der Waals surface area contributed by atoms with Gasteiger partial charge >= 0.3 is 0 Å². The third kappa shape index (κ3) is 3.91. The van der Waals surface area contributed by atoms with E-state index in [-0.39, 0.29) is 5.91 Å². The van der Waals surface area contributed by atoms with Crippen molar-refractivity contribution in [2.75, 3.05) is 44.7 Å². The lowest BCUT2D eigenvalue weighted by atomic mass is 10.3. The van der Waals surface area contributed by atoms with E-state index in [9.17, 15) is 4.79 Å². The predicted molar refractivity (Wildman–Crippen MR) is 90.6 cm³/mol. The van der Waals surface area contributed by atoms with E-state index in [4.69, 9.17) is 0 Å². The molecule has 0 radical (unpaired) electrons. The number of thiophene rings is 1. The first-order valence-electron chi connectivity index (χ1n) is 7.79. The van der Waals surface area contributed by atoms with Crippen LogP contribution in [0.15, 0.2) is 22.5 Å². The minimum absolute atomic E-state index is 0.0564. The van der Waals surface area contributed by atoms with E-state index < -0.39 is 0 Å². The van der Waals surface area contributed by atoms with Crippen LogP contribution in [0.2, 0.25) is 0 Å². The number of nitrogens with zero attached hydrogens (tertiary/aromatic N) is 3. The Hall–Kier alpha value is -1.76. The highest BCUT2D eigenvalue weighted by Gasteiger charge is 2.24.